The molecule has 7 aromatic rings. The van der Waals surface area contributed by atoms with Crippen LogP contribution < -0.4 is 0 Å². The van der Waals surface area contributed by atoms with Crippen LogP contribution in [0.3, 0.4) is 0 Å². The van der Waals surface area contributed by atoms with E-state index in [-0.39, 0.29) is 44.5 Å². The summed E-state index contributed by atoms with van der Waals surface area (Å²) in [5.41, 5.74) is -4.46. The van der Waals surface area contributed by atoms with Crippen molar-refractivity contribution in [1.82, 2.24) is 9.97 Å². The van der Waals surface area contributed by atoms with Gasteiger partial charge < -0.3 is 0 Å². The molecule has 50 heavy (non-hydrogen) atoms. The monoisotopic (exact) mass is 680 g/mol. The quantitative estimate of drug-likeness (QED) is 0.0993. The zero-order valence-corrected chi connectivity index (χ0v) is 25.5. The number of nitrogens with zero attached hydrogens (tertiary/aromatic N) is 2. The second-order valence-electron chi connectivity index (χ2n) is 11.2. The Morgan fingerprint density at radius 3 is 0.980 bits per heavy atom. The molecule has 0 amide bonds. The number of pyridine rings is 2. The summed E-state index contributed by atoms with van der Waals surface area (Å²) in [4.78, 5) is 7.68. The van der Waals surface area contributed by atoms with Crippen LogP contribution >= 0.6 is 0 Å². The SMILES string of the molecule is Fc1c(F)c(-c2cccnc2)c(F)c(-c2cc(-c3ccccc3)c(-c3c(F)c(F)c(F)c(-c4cccnc4)c3F)cc2-c2ccccc2)c1F. The van der Waals surface area contributed by atoms with Crippen molar-refractivity contribution in [3.05, 3.63) is 168 Å². The summed E-state index contributed by atoms with van der Waals surface area (Å²) in [6, 6.07) is 23.2. The van der Waals surface area contributed by atoms with Gasteiger partial charge in [0.15, 0.2) is 34.9 Å². The van der Waals surface area contributed by atoms with Gasteiger partial charge in [0.05, 0.1) is 22.3 Å². The van der Waals surface area contributed by atoms with Crippen LogP contribution in [-0.4, -0.2) is 9.97 Å². The predicted molar refractivity (Wildman–Crippen MR) is 174 cm³/mol. The maximum atomic E-state index is 16.6. The van der Waals surface area contributed by atoms with Gasteiger partial charge in [-0.1, -0.05) is 72.8 Å². The van der Waals surface area contributed by atoms with Crippen molar-refractivity contribution in [2.24, 2.45) is 0 Å². The third kappa shape index (κ3) is 5.38. The van der Waals surface area contributed by atoms with E-state index in [1.807, 2.05) is 0 Å². The van der Waals surface area contributed by atoms with Gasteiger partial charge >= 0.3 is 0 Å². The zero-order chi connectivity index (χ0) is 35.1. The molecule has 246 valence electrons. The first-order valence-electron chi connectivity index (χ1n) is 15.0. The summed E-state index contributed by atoms with van der Waals surface area (Å²) in [5, 5.41) is 0. The van der Waals surface area contributed by atoms with Gasteiger partial charge in [-0.25, -0.2) is 35.1 Å². The van der Waals surface area contributed by atoms with Gasteiger partial charge in [0, 0.05) is 35.9 Å². The summed E-state index contributed by atoms with van der Waals surface area (Å²) in [7, 11) is 0. The van der Waals surface area contributed by atoms with Crippen LogP contribution in [0.5, 0.6) is 0 Å². The standard InChI is InChI=1S/C40H20F8N2/c41-33-29(23-13-7-15-49-19-23)35(43)39(47)37(45)31(33)27-18-26(22-11-5-2-6-12-22)28(17-25(27)21-9-3-1-4-10-21)32-34(42)30(24-14-8-16-50-20-24)36(44)40(48)38(32)46/h1-20H. The van der Waals surface area contributed by atoms with Crippen molar-refractivity contribution in [3.8, 4) is 66.8 Å². The smallest absolute Gasteiger partial charge is 0.195 e. The van der Waals surface area contributed by atoms with E-state index >= 15 is 35.1 Å². The zero-order valence-electron chi connectivity index (χ0n) is 25.5. The summed E-state index contributed by atoms with van der Waals surface area (Å²) < 4.78 is 126. The Bertz CT molecular complexity index is 2220. The van der Waals surface area contributed by atoms with Gasteiger partial charge in [-0.15, -0.1) is 0 Å². The normalized spacial score (nSPS) is 11.2. The summed E-state index contributed by atoms with van der Waals surface area (Å²) in [6.45, 7) is 0. The molecule has 0 atom stereocenters. The Morgan fingerprint density at radius 1 is 0.300 bits per heavy atom. The molecule has 0 spiro atoms. The number of hydrogen-bond donors (Lipinski definition) is 0. The number of aromatic nitrogens is 2. The highest BCUT2D eigenvalue weighted by Crippen LogP contribution is 2.48. The molecule has 0 saturated heterocycles. The Labute approximate surface area is 280 Å². The Balaban J connectivity index is 1.64. The largest absolute Gasteiger partial charge is 0.264 e. The first-order chi connectivity index (χ1) is 24.2. The molecule has 0 fully saturated rings. The van der Waals surface area contributed by atoms with Gasteiger partial charge in [-0.05, 0) is 57.6 Å². The van der Waals surface area contributed by atoms with Crippen LogP contribution in [0.2, 0.25) is 0 Å². The van der Waals surface area contributed by atoms with Crippen molar-refractivity contribution in [2.75, 3.05) is 0 Å². The number of rotatable bonds is 6. The Morgan fingerprint density at radius 2 is 0.640 bits per heavy atom. The minimum atomic E-state index is -1.97. The van der Waals surface area contributed by atoms with Gasteiger partial charge in [-0.3, -0.25) is 9.97 Å². The highest BCUT2D eigenvalue weighted by molar-refractivity contribution is 5.97. The molecule has 0 radical (unpaired) electrons. The molecular weight excluding hydrogens is 660 g/mol. The Kier molecular flexibility index (Phi) is 8.45. The van der Waals surface area contributed by atoms with E-state index in [9.17, 15) is 0 Å². The van der Waals surface area contributed by atoms with Crippen molar-refractivity contribution in [2.45, 2.75) is 0 Å². The van der Waals surface area contributed by atoms with Crippen LogP contribution in [-0.2, 0) is 0 Å². The summed E-state index contributed by atoms with van der Waals surface area (Å²) >= 11 is 0. The van der Waals surface area contributed by atoms with Crippen LogP contribution in [0.25, 0.3) is 66.8 Å². The molecule has 2 nitrogen and oxygen atoms in total. The lowest BCUT2D eigenvalue weighted by molar-refractivity contribution is 0.439. The van der Waals surface area contributed by atoms with E-state index in [0.29, 0.717) is 0 Å². The summed E-state index contributed by atoms with van der Waals surface area (Å²) in [6.07, 6.45) is 4.81. The van der Waals surface area contributed by atoms with E-state index in [1.54, 1.807) is 36.4 Å². The second-order valence-corrected chi connectivity index (χ2v) is 11.2. The van der Waals surface area contributed by atoms with Gasteiger partial charge in [0.1, 0.15) is 11.6 Å². The summed E-state index contributed by atoms with van der Waals surface area (Å²) in [5.74, 6) is -14.2. The molecule has 0 saturated carbocycles. The molecule has 2 aromatic heterocycles. The number of benzene rings is 5. The molecule has 0 aliphatic carbocycles. The number of halogens is 8. The van der Waals surface area contributed by atoms with Crippen molar-refractivity contribution in [1.29, 1.82) is 0 Å². The first kappa shape index (κ1) is 32.4. The maximum absolute atomic E-state index is 16.6. The van der Waals surface area contributed by atoms with E-state index in [2.05, 4.69) is 9.97 Å². The fourth-order valence-corrected chi connectivity index (χ4v) is 5.99. The molecule has 0 unspecified atom stereocenters. The average molecular weight is 681 g/mol. The Hall–Kier alpha value is -6.16. The lowest BCUT2D eigenvalue weighted by Gasteiger charge is -2.21. The topological polar surface area (TPSA) is 25.8 Å². The second kappa shape index (κ2) is 13.0. The minimum absolute atomic E-state index is 0.0901. The van der Waals surface area contributed by atoms with Crippen molar-refractivity contribution in [3.63, 3.8) is 0 Å². The molecule has 10 heteroatoms. The molecule has 5 aromatic carbocycles. The van der Waals surface area contributed by atoms with Gasteiger partial charge in [-0.2, -0.15) is 0 Å². The van der Waals surface area contributed by atoms with Crippen LogP contribution in [0, 0.1) is 46.5 Å². The average Bonchev–Trinajstić information content (AvgIpc) is 3.15. The third-order valence-corrected chi connectivity index (χ3v) is 8.29. The molecule has 7 rings (SSSR count). The van der Waals surface area contributed by atoms with E-state index in [4.69, 9.17) is 0 Å². The van der Waals surface area contributed by atoms with Crippen molar-refractivity contribution < 1.29 is 35.1 Å². The van der Waals surface area contributed by atoms with E-state index in [1.165, 1.54) is 60.9 Å². The molecule has 0 aliphatic rings. The molecular formula is C40H20F8N2. The third-order valence-electron chi connectivity index (χ3n) is 8.29. The lowest BCUT2D eigenvalue weighted by atomic mass is 9.83. The first-order valence-corrected chi connectivity index (χ1v) is 15.0. The highest BCUT2D eigenvalue weighted by Gasteiger charge is 2.32. The van der Waals surface area contributed by atoms with E-state index < -0.39 is 68.8 Å². The minimum Gasteiger partial charge on any atom is -0.264 e. The lowest BCUT2D eigenvalue weighted by Crippen LogP contribution is -2.06. The van der Waals surface area contributed by atoms with E-state index in [0.717, 1.165) is 24.5 Å². The predicted octanol–water partition coefficient (Wildman–Crippen LogP) is 11.6. The fourth-order valence-electron chi connectivity index (χ4n) is 5.99. The molecule has 0 aliphatic heterocycles. The highest BCUT2D eigenvalue weighted by atomic mass is 19.2. The van der Waals surface area contributed by atoms with Crippen molar-refractivity contribution >= 4 is 0 Å². The van der Waals surface area contributed by atoms with Crippen LogP contribution in [0.15, 0.2) is 122 Å². The molecule has 2 heterocycles. The molecule has 0 bridgehead atoms. The van der Waals surface area contributed by atoms with Gasteiger partial charge in [0.2, 0.25) is 0 Å². The maximum Gasteiger partial charge on any atom is 0.195 e. The van der Waals surface area contributed by atoms with Crippen LogP contribution in [0.1, 0.15) is 0 Å². The van der Waals surface area contributed by atoms with Crippen LogP contribution in [0.4, 0.5) is 35.1 Å². The fraction of sp³-hybridized carbons (Fsp3) is 0. The van der Waals surface area contributed by atoms with Gasteiger partial charge in [0.25, 0.3) is 0 Å². The molecule has 0 N–H and O–H groups in total. The number of hydrogen-bond acceptors (Lipinski definition) is 2.